The number of benzene rings is 1. The molecule has 3 rings (SSSR count). The van der Waals surface area contributed by atoms with Gasteiger partial charge in [-0.1, -0.05) is 18.9 Å². The number of hydrogen-bond acceptors (Lipinski definition) is 2. The molecule has 0 radical (unpaired) electrons. The molecule has 1 amide bonds. The first kappa shape index (κ1) is 14.5. The molecule has 1 aromatic rings. The highest BCUT2D eigenvalue weighted by molar-refractivity contribution is 5.95. The van der Waals surface area contributed by atoms with Gasteiger partial charge in [-0.15, -0.1) is 0 Å². The van der Waals surface area contributed by atoms with Gasteiger partial charge in [-0.05, 0) is 56.2 Å². The van der Waals surface area contributed by atoms with Crippen LogP contribution in [0.15, 0.2) is 18.2 Å². The second kappa shape index (κ2) is 6.14. The first-order chi connectivity index (χ1) is 10.1. The highest BCUT2D eigenvalue weighted by Gasteiger charge is 2.34. The lowest BCUT2D eigenvalue weighted by atomic mass is 9.77. The van der Waals surface area contributed by atoms with Crippen LogP contribution in [0, 0.1) is 18.7 Å². The molecule has 2 aliphatic rings. The largest absolute Gasteiger partial charge is 0.322 e. The molecule has 3 atom stereocenters. The number of rotatable bonds is 2. The van der Waals surface area contributed by atoms with E-state index in [1.54, 1.807) is 6.07 Å². The van der Waals surface area contributed by atoms with Gasteiger partial charge >= 0.3 is 0 Å². The molecular weight excluding hydrogens is 267 g/mol. The standard InChI is InChI=1S/C17H23FN2O/c1-11-6-8-15(13(18)10-11)20-17(21)16-9-7-12-4-2-3-5-14(12)19-16/h6,8,10,12,14,16,19H,2-5,7,9H2,1H3,(H,20,21). The van der Waals surface area contributed by atoms with E-state index in [1.165, 1.54) is 25.3 Å². The number of halogens is 1. The normalized spacial score (nSPS) is 28.8. The first-order valence-corrected chi connectivity index (χ1v) is 7.96. The summed E-state index contributed by atoms with van der Waals surface area (Å²) in [6.45, 7) is 1.83. The van der Waals surface area contributed by atoms with Crippen molar-refractivity contribution in [3.63, 3.8) is 0 Å². The molecule has 0 aromatic heterocycles. The molecule has 3 nitrogen and oxygen atoms in total. The van der Waals surface area contributed by atoms with Gasteiger partial charge in [-0.25, -0.2) is 4.39 Å². The smallest absolute Gasteiger partial charge is 0.241 e. The van der Waals surface area contributed by atoms with E-state index in [9.17, 15) is 9.18 Å². The summed E-state index contributed by atoms with van der Waals surface area (Å²) >= 11 is 0. The summed E-state index contributed by atoms with van der Waals surface area (Å²) in [5.74, 6) is 0.246. The lowest BCUT2D eigenvalue weighted by Crippen LogP contribution is -2.53. The van der Waals surface area contributed by atoms with E-state index < -0.39 is 0 Å². The molecule has 4 heteroatoms. The number of piperidine rings is 1. The fraction of sp³-hybridized carbons (Fsp3) is 0.588. The molecule has 2 N–H and O–H groups in total. The van der Waals surface area contributed by atoms with Gasteiger partial charge in [-0.3, -0.25) is 4.79 Å². The van der Waals surface area contributed by atoms with E-state index in [4.69, 9.17) is 0 Å². The van der Waals surface area contributed by atoms with Crippen molar-refractivity contribution in [3.8, 4) is 0 Å². The third kappa shape index (κ3) is 3.26. The van der Waals surface area contributed by atoms with Crippen LogP contribution in [-0.2, 0) is 4.79 Å². The van der Waals surface area contributed by atoms with Crippen LogP contribution in [0.1, 0.15) is 44.1 Å². The van der Waals surface area contributed by atoms with Gasteiger partial charge in [0.1, 0.15) is 5.82 Å². The van der Waals surface area contributed by atoms with Gasteiger partial charge in [0, 0.05) is 6.04 Å². The SMILES string of the molecule is Cc1ccc(NC(=O)C2CCC3CCCCC3N2)c(F)c1. The van der Waals surface area contributed by atoms with Gasteiger partial charge in [0.05, 0.1) is 11.7 Å². The lowest BCUT2D eigenvalue weighted by molar-refractivity contribution is -0.119. The Balaban J connectivity index is 1.63. The van der Waals surface area contributed by atoms with Crippen LogP contribution in [0.2, 0.25) is 0 Å². The maximum atomic E-state index is 13.8. The van der Waals surface area contributed by atoms with E-state index in [0.29, 0.717) is 6.04 Å². The van der Waals surface area contributed by atoms with Crippen LogP contribution in [0.25, 0.3) is 0 Å². The Hall–Kier alpha value is -1.42. The zero-order valence-corrected chi connectivity index (χ0v) is 12.5. The molecule has 0 spiro atoms. The monoisotopic (exact) mass is 290 g/mol. The van der Waals surface area contributed by atoms with Crippen LogP contribution in [0.5, 0.6) is 0 Å². The number of carbonyl (C=O) groups excluding carboxylic acids is 1. The van der Waals surface area contributed by atoms with Crippen LogP contribution in [0.4, 0.5) is 10.1 Å². The molecule has 0 bridgehead atoms. The Morgan fingerprint density at radius 3 is 2.86 bits per heavy atom. The van der Waals surface area contributed by atoms with E-state index in [2.05, 4.69) is 10.6 Å². The predicted molar refractivity (Wildman–Crippen MR) is 81.7 cm³/mol. The lowest BCUT2D eigenvalue weighted by Gasteiger charge is -2.39. The maximum absolute atomic E-state index is 13.8. The molecule has 2 fully saturated rings. The second-order valence-electron chi connectivity index (χ2n) is 6.42. The zero-order chi connectivity index (χ0) is 14.8. The number of aryl methyl sites for hydroxylation is 1. The minimum Gasteiger partial charge on any atom is -0.322 e. The van der Waals surface area contributed by atoms with Gasteiger partial charge in [-0.2, -0.15) is 0 Å². The molecule has 1 heterocycles. The predicted octanol–water partition coefficient (Wildman–Crippen LogP) is 3.38. The van der Waals surface area contributed by atoms with Crippen molar-refractivity contribution in [3.05, 3.63) is 29.6 Å². The molecule has 1 saturated heterocycles. The van der Waals surface area contributed by atoms with Gasteiger partial charge < -0.3 is 10.6 Å². The number of anilines is 1. The average molecular weight is 290 g/mol. The van der Waals surface area contributed by atoms with E-state index in [-0.39, 0.29) is 23.5 Å². The summed E-state index contributed by atoms with van der Waals surface area (Å²) in [5.41, 5.74) is 1.13. The van der Waals surface area contributed by atoms with E-state index in [0.717, 1.165) is 30.7 Å². The van der Waals surface area contributed by atoms with E-state index in [1.807, 2.05) is 13.0 Å². The third-order valence-corrected chi connectivity index (χ3v) is 4.85. The molecule has 114 valence electrons. The summed E-state index contributed by atoms with van der Waals surface area (Å²) in [5, 5.41) is 6.20. The topological polar surface area (TPSA) is 41.1 Å². The number of nitrogens with one attached hydrogen (secondary N) is 2. The molecule has 1 aliphatic heterocycles. The summed E-state index contributed by atoms with van der Waals surface area (Å²) in [6, 6.07) is 5.16. The highest BCUT2D eigenvalue weighted by atomic mass is 19.1. The summed E-state index contributed by atoms with van der Waals surface area (Å²) < 4.78 is 13.8. The minimum atomic E-state index is -0.366. The van der Waals surface area contributed by atoms with Crippen molar-refractivity contribution >= 4 is 11.6 Å². The van der Waals surface area contributed by atoms with Crippen LogP contribution in [0.3, 0.4) is 0 Å². The molecule has 3 unspecified atom stereocenters. The van der Waals surface area contributed by atoms with E-state index >= 15 is 0 Å². The average Bonchev–Trinajstić information content (AvgIpc) is 2.49. The van der Waals surface area contributed by atoms with Crippen LogP contribution < -0.4 is 10.6 Å². The Kier molecular flexibility index (Phi) is 4.24. The third-order valence-electron chi connectivity index (χ3n) is 4.85. The van der Waals surface area contributed by atoms with Gasteiger partial charge in [0.2, 0.25) is 5.91 Å². The number of hydrogen-bond donors (Lipinski definition) is 2. The number of amides is 1. The van der Waals surface area contributed by atoms with Crippen molar-refractivity contribution in [2.75, 3.05) is 5.32 Å². The molecule has 1 aliphatic carbocycles. The van der Waals surface area contributed by atoms with Crippen molar-refractivity contribution < 1.29 is 9.18 Å². The summed E-state index contributed by atoms with van der Waals surface area (Å²) in [7, 11) is 0. The summed E-state index contributed by atoms with van der Waals surface area (Å²) in [6.07, 6.45) is 6.95. The van der Waals surface area contributed by atoms with Crippen LogP contribution in [-0.4, -0.2) is 18.0 Å². The van der Waals surface area contributed by atoms with Crippen molar-refractivity contribution in [2.24, 2.45) is 5.92 Å². The fourth-order valence-electron chi connectivity index (χ4n) is 3.64. The van der Waals surface area contributed by atoms with Crippen molar-refractivity contribution in [2.45, 2.75) is 57.5 Å². The minimum absolute atomic E-state index is 0.109. The molecule has 1 saturated carbocycles. The molecule has 21 heavy (non-hydrogen) atoms. The Bertz CT molecular complexity index is 532. The zero-order valence-electron chi connectivity index (χ0n) is 12.5. The highest BCUT2D eigenvalue weighted by Crippen LogP contribution is 2.32. The number of carbonyl (C=O) groups is 1. The first-order valence-electron chi connectivity index (χ1n) is 7.96. The second-order valence-corrected chi connectivity index (χ2v) is 6.42. The Morgan fingerprint density at radius 2 is 2.05 bits per heavy atom. The van der Waals surface area contributed by atoms with Crippen molar-refractivity contribution in [1.82, 2.24) is 5.32 Å². The molecule has 1 aromatic carbocycles. The van der Waals surface area contributed by atoms with Crippen molar-refractivity contribution in [1.29, 1.82) is 0 Å². The quantitative estimate of drug-likeness (QED) is 0.876. The van der Waals surface area contributed by atoms with Crippen LogP contribution >= 0.6 is 0 Å². The Labute approximate surface area is 125 Å². The Morgan fingerprint density at radius 1 is 1.24 bits per heavy atom. The van der Waals surface area contributed by atoms with Gasteiger partial charge in [0.15, 0.2) is 0 Å². The summed E-state index contributed by atoms with van der Waals surface area (Å²) in [4.78, 5) is 12.3. The fourth-order valence-corrected chi connectivity index (χ4v) is 3.64. The van der Waals surface area contributed by atoms with Gasteiger partial charge in [0.25, 0.3) is 0 Å². The number of fused-ring (bicyclic) bond motifs is 1. The molecular formula is C17H23FN2O. The maximum Gasteiger partial charge on any atom is 0.241 e.